The minimum absolute atomic E-state index is 0.0552. The molecule has 1 aromatic carbocycles. The third-order valence-electron chi connectivity index (χ3n) is 4.62. The Labute approximate surface area is 143 Å². The SMILES string of the molecule is C[C@@H]1CCc2c(sc3[nH]c(=S)n(Cc4ccccc4)c(=O)c23)C1. The Morgan fingerprint density at radius 1 is 1.35 bits per heavy atom. The van der Waals surface area contributed by atoms with Crippen LogP contribution in [0.3, 0.4) is 0 Å². The van der Waals surface area contributed by atoms with E-state index in [9.17, 15) is 4.79 Å². The number of benzene rings is 1. The van der Waals surface area contributed by atoms with Gasteiger partial charge < -0.3 is 4.98 Å². The number of rotatable bonds is 2. The molecule has 5 heteroatoms. The first-order valence-corrected chi connectivity index (χ1v) is 9.17. The molecular formula is C18H18N2OS2. The lowest BCUT2D eigenvalue weighted by Gasteiger charge is -2.17. The Bertz CT molecular complexity index is 982. The highest BCUT2D eigenvalue weighted by molar-refractivity contribution is 7.71. The first-order chi connectivity index (χ1) is 11.1. The molecule has 0 saturated carbocycles. The van der Waals surface area contributed by atoms with Gasteiger partial charge in [-0.05, 0) is 48.5 Å². The van der Waals surface area contributed by atoms with Crippen LogP contribution in [0.2, 0.25) is 0 Å². The maximum absolute atomic E-state index is 13.1. The van der Waals surface area contributed by atoms with Crippen LogP contribution in [0.15, 0.2) is 35.1 Å². The molecule has 1 N–H and O–H groups in total. The summed E-state index contributed by atoms with van der Waals surface area (Å²) in [5.74, 6) is 0.699. The second-order valence-corrected chi connectivity index (χ2v) is 7.85. The van der Waals surface area contributed by atoms with Crippen molar-refractivity contribution >= 4 is 33.8 Å². The lowest BCUT2D eigenvalue weighted by atomic mass is 9.89. The van der Waals surface area contributed by atoms with Gasteiger partial charge in [0, 0.05) is 4.88 Å². The van der Waals surface area contributed by atoms with E-state index in [2.05, 4.69) is 11.9 Å². The number of H-pyrrole nitrogens is 1. The molecule has 0 radical (unpaired) electrons. The van der Waals surface area contributed by atoms with E-state index in [1.165, 1.54) is 10.4 Å². The quantitative estimate of drug-likeness (QED) is 0.705. The zero-order valence-electron chi connectivity index (χ0n) is 13.0. The number of hydrogen-bond donors (Lipinski definition) is 1. The average Bonchev–Trinajstić information content (AvgIpc) is 2.89. The number of hydrogen-bond acceptors (Lipinski definition) is 3. The van der Waals surface area contributed by atoms with Gasteiger partial charge in [-0.15, -0.1) is 11.3 Å². The third-order valence-corrected chi connectivity index (χ3v) is 6.11. The van der Waals surface area contributed by atoms with Gasteiger partial charge in [0.25, 0.3) is 5.56 Å². The van der Waals surface area contributed by atoms with Crippen molar-refractivity contribution < 1.29 is 0 Å². The van der Waals surface area contributed by atoms with E-state index in [-0.39, 0.29) is 5.56 Å². The molecular weight excluding hydrogens is 324 g/mol. The topological polar surface area (TPSA) is 37.8 Å². The molecule has 0 unspecified atom stereocenters. The maximum atomic E-state index is 13.1. The van der Waals surface area contributed by atoms with Crippen LogP contribution in [-0.2, 0) is 19.4 Å². The molecule has 0 saturated heterocycles. The standard InChI is InChI=1S/C18H18N2OS2/c1-11-7-8-13-14(9-11)23-16-15(13)17(21)20(18(22)19-16)10-12-5-3-2-4-6-12/h2-6,11H,7-10H2,1H3,(H,19,22)/t11-/m1/s1. The number of nitrogens with zero attached hydrogens (tertiary/aromatic N) is 1. The third kappa shape index (κ3) is 2.58. The number of nitrogens with one attached hydrogen (secondary N) is 1. The molecule has 0 fully saturated rings. The van der Waals surface area contributed by atoms with Gasteiger partial charge in [0.05, 0.1) is 11.9 Å². The van der Waals surface area contributed by atoms with E-state index in [0.29, 0.717) is 17.2 Å². The number of aromatic nitrogens is 2. The van der Waals surface area contributed by atoms with Gasteiger partial charge in [-0.25, -0.2) is 0 Å². The molecule has 0 bridgehead atoms. The molecule has 4 rings (SSSR count). The lowest BCUT2D eigenvalue weighted by molar-refractivity contribution is 0.509. The summed E-state index contributed by atoms with van der Waals surface area (Å²) in [4.78, 5) is 18.6. The second kappa shape index (κ2) is 5.73. The molecule has 3 aromatic rings. The van der Waals surface area contributed by atoms with Crippen LogP contribution in [0.25, 0.3) is 10.2 Å². The maximum Gasteiger partial charge on any atom is 0.263 e. The van der Waals surface area contributed by atoms with Gasteiger partial charge in [-0.1, -0.05) is 37.3 Å². The van der Waals surface area contributed by atoms with Crippen LogP contribution in [0.5, 0.6) is 0 Å². The van der Waals surface area contributed by atoms with Crippen molar-refractivity contribution in [1.29, 1.82) is 0 Å². The van der Waals surface area contributed by atoms with Crippen LogP contribution in [-0.4, -0.2) is 9.55 Å². The summed E-state index contributed by atoms with van der Waals surface area (Å²) < 4.78 is 2.20. The zero-order chi connectivity index (χ0) is 16.0. The summed E-state index contributed by atoms with van der Waals surface area (Å²) in [6.07, 6.45) is 3.24. The highest BCUT2D eigenvalue weighted by Crippen LogP contribution is 2.35. The van der Waals surface area contributed by atoms with E-state index in [4.69, 9.17) is 12.2 Å². The van der Waals surface area contributed by atoms with Gasteiger partial charge in [0.2, 0.25) is 0 Å². The van der Waals surface area contributed by atoms with Crippen molar-refractivity contribution in [2.24, 2.45) is 5.92 Å². The second-order valence-electron chi connectivity index (χ2n) is 6.36. The normalized spacial score (nSPS) is 17.3. The van der Waals surface area contributed by atoms with Crippen LogP contribution in [0.1, 0.15) is 29.3 Å². The summed E-state index contributed by atoms with van der Waals surface area (Å²) in [5.41, 5.74) is 2.40. The predicted octanol–water partition coefficient (Wildman–Crippen LogP) is 4.29. The summed E-state index contributed by atoms with van der Waals surface area (Å²) in [6.45, 7) is 2.80. The first kappa shape index (κ1) is 14.8. The average molecular weight is 342 g/mol. The Morgan fingerprint density at radius 3 is 2.91 bits per heavy atom. The van der Waals surface area contributed by atoms with Gasteiger partial charge in [-0.3, -0.25) is 9.36 Å². The number of fused-ring (bicyclic) bond motifs is 3. The molecule has 2 heterocycles. The molecule has 3 nitrogen and oxygen atoms in total. The Morgan fingerprint density at radius 2 is 2.13 bits per heavy atom. The highest BCUT2D eigenvalue weighted by Gasteiger charge is 2.23. The van der Waals surface area contributed by atoms with Crippen molar-refractivity contribution in [1.82, 2.24) is 9.55 Å². The molecule has 1 aliphatic carbocycles. The molecule has 1 aliphatic rings. The van der Waals surface area contributed by atoms with Crippen LogP contribution in [0.4, 0.5) is 0 Å². The fourth-order valence-corrected chi connectivity index (χ4v) is 5.08. The fourth-order valence-electron chi connectivity index (χ4n) is 3.37. The van der Waals surface area contributed by atoms with E-state index in [1.807, 2.05) is 30.3 Å². The van der Waals surface area contributed by atoms with Crippen LogP contribution < -0.4 is 5.56 Å². The first-order valence-electron chi connectivity index (χ1n) is 7.95. The summed E-state index contributed by atoms with van der Waals surface area (Å²) in [7, 11) is 0. The summed E-state index contributed by atoms with van der Waals surface area (Å²) in [6, 6.07) is 10.00. The van der Waals surface area contributed by atoms with Crippen molar-refractivity contribution in [3.05, 3.63) is 61.5 Å². The molecule has 2 aromatic heterocycles. The molecule has 23 heavy (non-hydrogen) atoms. The molecule has 0 amide bonds. The minimum atomic E-state index is 0.0552. The molecule has 118 valence electrons. The monoisotopic (exact) mass is 342 g/mol. The smallest absolute Gasteiger partial charge is 0.263 e. The molecule has 1 atom stereocenters. The van der Waals surface area contributed by atoms with E-state index < -0.39 is 0 Å². The number of thiophene rings is 1. The molecule has 0 aliphatic heterocycles. The van der Waals surface area contributed by atoms with Gasteiger partial charge >= 0.3 is 0 Å². The van der Waals surface area contributed by atoms with Crippen molar-refractivity contribution in [3.8, 4) is 0 Å². The van der Waals surface area contributed by atoms with E-state index >= 15 is 0 Å². The van der Waals surface area contributed by atoms with Gasteiger partial charge in [-0.2, -0.15) is 0 Å². The molecule has 0 spiro atoms. The zero-order valence-corrected chi connectivity index (χ0v) is 14.6. The Hall–Kier alpha value is -1.72. The van der Waals surface area contributed by atoms with Crippen molar-refractivity contribution in [2.75, 3.05) is 0 Å². The largest absolute Gasteiger partial charge is 0.323 e. The number of aryl methyl sites for hydroxylation is 1. The number of aromatic amines is 1. The summed E-state index contributed by atoms with van der Waals surface area (Å²) in [5, 5.41) is 0.862. The Kier molecular flexibility index (Phi) is 3.70. The van der Waals surface area contributed by atoms with E-state index in [1.54, 1.807) is 15.9 Å². The van der Waals surface area contributed by atoms with Crippen LogP contribution >= 0.6 is 23.6 Å². The summed E-state index contributed by atoms with van der Waals surface area (Å²) >= 11 is 7.16. The highest BCUT2D eigenvalue weighted by atomic mass is 32.1. The van der Waals surface area contributed by atoms with Crippen LogP contribution in [0, 0.1) is 10.7 Å². The van der Waals surface area contributed by atoms with Gasteiger partial charge in [0.15, 0.2) is 4.77 Å². The minimum Gasteiger partial charge on any atom is -0.323 e. The van der Waals surface area contributed by atoms with Gasteiger partial charge in [0.1, 0.15) is 4.83 Å². The lowest BCUT2D eigenvalue weighted by Crippen LogP contribution is -2.23. The Balaban J connectivity index is 1.90. The fraction of sp³-hybridized carbons (Fsp3) is 0.333. The predicted molar refractivity (Wildman–Crippen MR) is 98.0 cm³/mol. The van der Waals surface area contributed by atoms with Crippen molar-refractivity contribution in [2.45, 2.75) is 32.7 Å². The van der Waals surface area contributed by atoms with E-state index in [0.717, 1.165) is 35.0 Å². The van der Waals surface area contributed by atoms with Crippen molar-refractivity contribution in [3.63, 3.8) is 0 Å².